The van der Waals surface area contributed by atoms with Gasteiger partial charge in [-0.2, -0.15) is 0 Å². The van der Waals surface area contributed by atoms with Crippen molar-refractivity contribution in [2.24, 2.45) is 0 Å². The predicted molar refractivity (Wildman–Crippen MR) is 110 cm³/mol. The molecule has 0 aliphatic heterocycles. The number of hydrogen-bond acceptors (Lipinski definition) is 3. The van der Waals surface area contributed by atoms with E-state index < -0.39 is 11.7 Å². The molecule has 144 valence electrons. The van der Waals surface area contributed by atoms with Crippen molar-refractivity contribution in [3.8, 4) is 22.9 Å². The van der Waals surface area contributed by atoms with Gasteiger partial charge in [-0.15, -0.1) is 0 Å². The average molecular weight is 387 g/mol. The van der Waals surface area contributed by atoms with E-state index in [4.69, 9.17) is 4.74 Å². The first-order valence-electron chi connectivity index (χ1n) is 9.04. The zero-order valence-corrected chi connectivity index (χ0v) is 15.6. The number of H-pyrrole nitrogens is 1. The molecule has 0 spiro atoms. The van der Waals surface area contributed by atoms with Crippen LogP contribution >= 0.6 is 0 Å². The molecule has 0 fully saturated rings. The first kappa shape index (κ1) is 18.4. The van der Waals surface area contributed by atoms with Crippen LogP contribution in [0.1, 0.15) is 15.9 Å². The van der Waals surface area contributed by atoms with Crippen molar-refractivity contribution in [1.82, 2.24) is 9.97 Å². The van der Waals surface area contributed by atoms with Gasteiger partial charge in [-0.1, -0.05) is 11.6 Å². The van der Waals surface area contributed by atoms with Gasteiger partial charge in [-0.25, -0.2) is 4.39 Å². The summed E-state index contributed by atoms with van der Waals surface area (Å²) in [7, 11) is 0. The summed E-state index contributed by atoms with van der Waals surface area (Å²) < 4.78 is 19.7. The number of ether oxygens (including phenoxy) is 1. The fraction of sp³-hybridized carbons (Fsp3) is 0.0435. The second-order valence-electron chi connectivity index (χ2n) is 6.52. The molecule has 0 bridgehead atoms. The maximum atomic E-state index is 13.9. The Bertz CT molecular complexity index is 1140. The van der Waals surface area contributed by atoms with Crippen LogP contribution in [0.4, 0.5) is 10.1 Å². The van der Waals surface area contributed by atoms with Gasteiger partial charge in [-0.05, 0) is 61.5 Å². The van der Waals surface area contributed by atoms with E-state index in [0.29, 0.717) is 17.2 Å². The fourth-order valence-corrected chi connectivity index (χ4v) is 2.87. The van der Waals surface area contributed by atoms with Gasteiger partial charge in [-0.3, -0.25) is 9.78 Å². The van der Waals surface area contributed by atoms with Crippen LogP contribution in [0.2, 0.25) is 0 Å². The molecule has 0 radical (unpaired) electrons. The summed E-state index contributed by atoms with van der Waals surface area (Å²) in [6.07, 6.45) is 3.51. The lowest BCUT2D eigenvalue weighted by molar-refractivity contribution is 0.102. The van der Waals surface area contributed by atoms with Gasteiger partial charge in [0, 0.05) is 24.1 Å². The minimum atomic E-state index is -0.552. The molecule has 0 saturated carbocycles. The van der Waals surface area contributed by atoms with Crippen LogP contribution < -0.4 is 10.1 Å². The number of halogens is 1. The monoisotopic (exact) mass is 387 g/mol. The molecular formula is C23H18FN3O2. The normalized spacial score (nSPS) is 10.6. The third-order valence-electron chi connectivity index (χ3n) is 4.32. The third-order valence-corrected chi connectivity index (χ3v) is 4.32. The van der Waals surface area contributed by atoms with E-state index in [1.165, 1.54) is 12.1 Å². The maximum Gasteiger partial charge on any atom is 0.258 e. The number of aromatic amines is 1. The van der Waals surface area contributed by atoms with E-state index in [-0.39, 0.29) is 5.56 Å². The summed E-state index contributed by atoms with van der Waals surface area (Å²) in [6, 6.07) is 18.7. The van der Waals surface area contributed by atoms with Gasteiger partial charge < -0.3 is 15.0 Å². The zero-order valence-electron chi connectivity index (χ0n) is 15.6. The van der Waals surface area contributed by atoms with Crippen molar-refractivity contribution in [3.05, 3.63) is 96.1 Å². The minimum Gasteiger partial charge on any atom is -0.457 e. The van der Waals surface area contributed by atoms with Crippen LogP contribution in [0.5, 0.6) is 11.5 Å². The Kier molecular flexibility index (Phi) is 5.07. The van der Waals surface area contributed by atoms with E-state index in [9.17, 15) is 9.18 Å². The van der Waals surface area contributed by atoms with Gasteiger partial charge in [0.15, 0.2) is 0 Å². The number of nitrogens with one attached hydrogen (secondary N) is 2. The number of amides is 1. The Labute approximate surface area is 167 Å². The summed E-state index contributed by atoms with van der Waals surface area (Å²) in [5.74, 6) is 0.199. The van der Waals surface area contributed by atoms with Crippen LogP contribution in [-0.2, 0) is 0 Å². The molecule has 2 aromatic heterocycles. The number of benzene rings is 2. The number of hydrogen-bond donors (Lipinski definition) is 2. The van der Waals surface area contributed by atoms with Crippen LogP contribution in [0, 0.1) is 12.7 Å². The highest BCUT2D eigenvalue weighted by Gasteiger charge is 2.12. The second-order valence-corrected chi connectivity index (χ2v) is 6.52. The number of carbonyl (C=O) groups is 1. The Morgan fingerprint density at radius 2 is 1.86 bits per heavy atom. The van der Waals surface area contributed by atoms with E-state index in [1.54, 1.807) is 42.6 Å². The number of nitrogens with zero attached hydrogens (tertiary/aromatic N) is 1. The van der Waals surface area contributed by atoms with Crippen LogP contribution in [0.15, 0.2) is 79.1 Å². The number of anilines is 1. The third kappa shape index (κ3) is 4.32. The summed E-state index contributed by atoms with van der Waals surface area (Å²) in [6.45, 7) is 1.81. The Balaban J connectivity index is 1.45. The molecule has 0 atom stereocenters. The molecule has 5 nitrogen and oxygen atoms in total. The van der Waals surface area contributed by atoms with Crippen molar-refractivity contribution in [2.75, 3.05) is 5.32 Å². The molecule has 0 aliphatic carbocycles. The van der Waals surface area contributed by atoms with Gasteiger partial charge in [0.2, 0.25) is 0 Å². The molecule has 2 heterocycles. The van der Waals surface area contributed by atoms with Gasteiger partial charge >= 0.3 is 0 Å². The molecule has 4 aromatic rings. The lowest BCUT2D eigenvalue weighted by Crippen LogP contribution is -2.13. The Morgan fingerprint density at radius 1 is 1.03 bits per heavy atom. The van der Waals surface area contributed by atoms with Crippen molar-refractivity contribution in [3.63, 3.8) is 0 Å². The SMILES string of the molecule is Cc1ccc(F)c(C(=O)Nc2ccc(Oc3ccnc(-c4ccc[nH]4)c3)cc2)c1. The van der Waals surface area contributed by atoms with E-state index in [0.717, 1.165) is 17.0 Å². The highest BCUT2D eigenvalue weighted by Crippen LogP contribution is 2.26. The topological polar surface area (TPSA) is 67.0 Å². The van der Waals surface area contributed by atoms with Gasteiger partial charge in [0.05, 0.1) is 17.0 Å². The molecule has 29 heavy (non-hydrogen) atoms. The fourth-order valence-electron chi connectivity index (χ4n) is 2.87. The minimum absolute atomic E-state index is 0.0129. The van der Waals surface area contributed by atoms with Crippen molar-refractivity contribution >= 4 is 11.6 Å². The number of aryl methyl sites for hydroxylation is 1. The van der Waals surface area contributed by atoms with Crippen molar-refractivity contribution in [1.29, 1.82) is 0 Å². The Hall–Kier alpha value is -3.93. The van der Waals surface area contributed by atoms with Crippen LogP contribution in [0.3, 0.4) is 0 Å². The second kappa shape index (κ2) is 7.98. The van der Waals surface area contributed by atoms with Crippen LogP contribution in [0.25, 0.3) is 11.4 Å². The molecule has 0 unspecified atom stereocenters. The van der Waals surface area contributed by atoms with Crippen molar-refractivity contribution < 1.29 is 13.9 Å². The number of carbonyl (C=O) groups excluding carboxylic acids is 1. The number of aromatic nitrogens is 2. The van der Waals surface area contributed by atoms with Gasteiger partial charge in [0.1, 0.15) is 17.3 Å². The molecular weight excluding hydrogens is 369 g/mol. The summed E-state index contributed by atoms with van der Waals surface area (Å²) in [4.78, 5) is 19.7. The Morgan fingerprint density at radius 3 is 2.62 bits per heavy atom. The molecule has 6 heteroatoms. The smallest absolute Gasteiger partial charge is 0.258 e. The first-order chi connectivity index (χ1) is 14.1. The lowest BCUT2D eigenvalue weighted by atomic mass is 10.1. The number of rotatable bonds is 5. The predicted octanol–water partition coefficient (Wildman–Crippen LogP) is 5.57. The van der Waals surface area contributed by atoms with Crippen LogP contribution in [-0.4, -0.2) is 15.9 Å². The highest BCUT2D eigenvalue weighted by molar-refractivity contribution is 6.04. The molecule has 0 aliphatic rings. The molecule has 2 aromatic carbocycles. The zero-order chi connectivity index (χ0) is 20.2. The van der Waals surface area contributed by atoms with Gasteiger partial charge in [0.25, 0.3) is 5.91 Å². The first-order valence-corrected chi connectivity index (χ1v) is 9.04. The summed E-state index contributed by atoms with van der Waals surface area (Å²) >= 11 is 0. The molecule has 4 rings (SSSR count). The average Bonchev–Trinajstić information content (AvgIpc) is 3.26. The van der Waals surface area contributed by atoms with E-state index in [2.05, 4.69) is 15.3 Å². The highest BCUT2D eigenvalue weighted by atomic mass is 19.1. The maximum absolute atomic E-state index is 13.9. The quantitative estimate of drug-likeness (QED) is 0.470. The standard InChI is InChI=1S/C23H18FN3O2/c1-15-4-9-20(24)19(13-15)23(28)27-16-5-7-17(8-6-16)29-18-10-12-26-22(14-18)21-3-2-11-25-21/h2-14,25H,1H3,(H,27,28). The summed E-state index contributed by atoms with van der Waals surface area (Å²) in [5, 5.41) is 2.70. The largest absolute Gasteiger partial charge is 0.457 e. The van der Waals surface area contributed by atoms with E-state index >= 15 is 0 Å². The van der Waals surface area contributed by atoms with Crippen molar-refractivity contribution in [2.45, 2.75) is 6.92 Å². The molecule has 1 amide bonds. The molecule has 2 N–H and O–H groups in total. The summed E-state index contributed by atoms with van der Waals surface area (Å²) in [5.41, 5.74) is 3.05. The van der Waals surface area contributed by atoms with E-state index in [1.807, 2.05) is 31.3 Å². The lowest BCUT2D eigenvalue weighted by Gasteiger charge is -2.09. The molecule has 0 saturated heterocycles. The number of pyridine rings is 1.